The molecule has 9 aromatic carbocycles. The van der Waals surface area contributed by atoms with Crippen LogP contribution in [0.25, 0.3) is 110 Å². The van der Waals surface area contributed by atoms with Gasteiger partial charge in [-0.1, -0.05) is 170 Å². The number of rotatable bonds is 5. The fraction of sp³-hybridized carbons (Fsp3) is 0. The van der Waals surface area contributed by atoms with E-state index in [1.165, 1.54) is 43.8 Å². The molecule has 252 valence electrons. The van der Waals surface area contributed by atoms with Crippen LogP contribution in [-0.4, -0.2) is 0 Å². The van der Waals surface area contributed by atoms with Crippen molar-refractivity contribution in [3.63, 3.8) is 0 Å². The molecule has 0 fully saturated rings. The van der Waals surface area contributed by atoms with Gasteiger partial charge in [-0.25, -0.2) is 0 Å². The third-order valence-electron chi connectivity index (χ3n) is 10.9. The molecule has 0 radical (unpaired) electrons. The van der Waals surface area contributed by atoms with E-state index in [1.54, 1.807) is 0 Å². The van der Waals surface area contributed by atoms with E-state index in [4.69, 9.17) is 8.83 Å². The number of hydrogen-bond donors (Lipinski definition) is 0. The molecule has 0 aliphatic heterocycles. The zero-order valence-corrected chi connectivity index (χ0v) is 29.3. The normalized spacial score (nSPS) is 11.7. The van der Waals surface area contributed by atoms with E-state index in [9.17, 15) is 0 Å². The Morgan fingerprint density at radius 2 is 0.704 bits per heavy atom. The molecule has 2 heterocycles. The highest BCUT2D eigenvalue weighted by molar-refractivity contribution is 6.22. The van der Waals surface area contributed by atoms with Gasteiger partial charge in [0.25, 0.3) is 0 Å². The molecule has 2 aromatic heterocycles. The number of furan rings is 2. The zero-order valence-electron chi connectivity index (χ0n) is 29.3. The molecule has 0 saturated carbocycles. The molecule has 0 unspecified atom stereocenters. The molecule has 0 amide bonds. The highest BCUT2D eigenvalue weighted by atomic mass is 16.3. The van der Waals surface area contributed by atoms with E-state index in [1.807, 2.05) is 6.07 Å². The van der Waals surface area contributed by atoms with Crippen LogP contribution >= 0.6 is 0 Å². The third-order valence-corrected chi connectivity index (χ3v) is 10.9. The Morgan fingerprint density at radius 1 is 0.259 bits per heavy atom. The van der Waals surface area contributed by atoms with Gasteiger partial charge in [0.05, 0.1) is 5.39 Å². The zero-order chi connectivity index (χ0) is 35.6. The molecule has 2 nitrogen and oxygen atoms in total. The van der Waals surface area contributed by atoms with Crippen molar-refractivity contribution in [2.24, 2.45) is 0 Å². The quantitative estimate of drug-likeness (QED) is 0.168. The molecule has 11 aromatic rings. The Bertz CT molecular complexity index is 3110. The summed E-state index contributed by atoms with van der Waals surface area (Å²) >= 11 is 0. The first kappa shape index (κ1) is 30.5. The summed E-state index contributed by atoms with van der Waals surface area (Å²) in [5.74, 6) is 0.863. The van der Waals surface area contributed by atoms with Crippen LogP contribution in [0.2, 0.25) is 0 Å². The predicted molar refractivity (Wildman–Crippen MR) is 226 cm³/mol. The van der Waals surface area contributed by atoms with Crippen molar-refractivity contribution >= 4 is 54.5 Å². The second-order valence-corrected chi connectivity index (χ2v) is 14.0. The fourth-order valence-electron chi connectivity index (χ4n) is 8.46. The van der Waals surface area contributed by atoms with Gasteiger partial charge in [-0.3, -0.25) is 0 Å². The van der Waals surface area contributed by atoms with E-state index < -0.39 is 0 Å². The maximum absolute atomic E-state index is 6.88. The van der Waals surface area contributed by atoms with Crippen molar-refractivity contribution in [3.05, 3.63) is 194 Å². The van der Waals surface area contributed by atoms with Crippen LogP contribution in [0.4, 0.5) is 0 Å². The van der Waals surface area contributed by atoms with Crippen LogP contribution < -0.4 is 0 Å². The maximum Gasteiger partial charge on any atom is 0.147 e. The lowest BCUT2D eigenvalue weighted by Gasteiger charge is -2.18. The Labute approximate surface area is 312 Å². The summed E-state index contributed by atoms with van der Waals surface area (Å²) in [6.45, 7) is 0. The van der Waals surface area contributed by atoms with Crippen molar-refractivity contribution in [2.75, 3.05) is 0 Å². The Balaban J connectivity index is 1.07. The molecule has 0 N–H and O–H groups in total. The van der Waals surface area contributed by atoms with Gasteiger partial charge < -0.3 is 8.83 Å². The first-order valence-electron chi connectivity index (χ1n) is 18.4. The molecule has 0 spiro atoms. The summed E-state index contributed by atoms with van der Waals surface area (Å²) in [5.41, 5.74) is 13.0. The maximum atomic E-state index is 6.88. The summed E-state index contributed by atoms with van der Waals surface area (Å²) < 4.78 is 13.3. The minimum absolute atomic E-state index is 0.815. The van der Waals surface area contributed by atoms with E-state index in [2.05, 4.69) is 188 Å². The summed E-state index contributed by atoms with van der Waals surface area (Å²) in [4.78, 5) is 0. The SMILES string of the molecule is c1ccc(-c2oc3c(ccc4oc5ccc(-c6ccc(-c7c8ccccc8c(-c8ccccc8)c8ccccc78)cc6)cc5c43)c2-c2ccccc2)cc1. The molecule has 54 heavy (non-hydrogen) atoms. The smallest absolute Gasteiger partial charge is 0.147 e. The lowest BCUT2D eigenvalue weighted by atomic mass is 9.86. The van der Waals surface area contributed by atoms with Gasteiger partial charge in [0, 0.05) is 21.9 Å². The van der Waals surface area contributed by atoms with Crippen molar-refractivity contribution in [1.82, 2.24) is 0 Å². The Morgan fingerprint density at radius 3 is 1.28 bits per heavy atom. The first-order valence-corrected chi connectivity index (χ1v) is 18.4. The van der Waals surface area contributed by atoms with Crippen LogP contribution in [0, 0.1) is 0 Å². The molecule has 0 bridgehead atoms. The summed E-state index contributed by atoms with van der Waals surface area (Å²) in [7, 11) is 0. The second kappa shape index (κ2) is 12.2. The number of fused-ring (bicyclic) bond motifs is 7. The fourth-order valence-corrected chi connectivity index (χ4v) is 8.46. The molecular weight excluding hydrogens is 657 g/mol. The van der Waals surface area contributed by atoms with Gasteiger partial charge in [0.1, 0.15) is 22.5 Å². The van der Waals surface area contributed by atoms with Gasteiger partial charge in [0.15, 0.2) is 0 Å². The molecule has 0 atom stereocenters. The molecule has 11 rings (SSSR count). The van der Waals surface area contributed by atoms with Gasteiger partial charge in [-0.05, 0) is 84.8 Å². The first-order chi connectivity index (χ1) is 26.8. The summed E-state index contributed by atoms with van der Waals surface area (Å²) in [6.07, 6.45) is 0. The number of hydrogen-bond acceptors (Lipinski definition) is 2. The molecule has 0 aliphatic carbocycles. The van der Waals surface area contributed by atoms with Gasteiger partial charge >= 0.3 is 0 Å². The highest BCUT2D eigenvalue weighted by Crippen LogP contribution is 2.47. The lowest BCUT2D eigenvalue weighted by molar-refractivity contribution is 0.634. The van der Waals surface area contributed by atoms with E-state index in [0.717, 1.165) is 66.5 Å². The minimum atomic E-state index is 0.815. The Kier molecular flexibility index (Phi) is 6.90. The van der Waals surface area contributed by atoms with Gasteiger partial charge in [0.2, 0.25) is 0 Å². The van der Waals surface area contributed by atoms with Gasteiger partial charge in [-0.2, -0.15) is 0 Å². The van der Waals surface area contributed by atoms with Crippen LogP contribution in [0.1, 0.15) is 0 Å². The Hall–Kier alpha value is -7.16. The van der Waals surface area contributed by atoms with Crippen LogP contribution in [0.5, 0.6) is 0 Å². The lowest BCUT2D eigenvalue weighted by Crippen LogP contribution is -1.90. The molecule has 2 heteroatoms. The average molecular weight is 689 g/mol. The van der Waals surface area contributed by atoms with Crippen LogP contribution in [-0.2, 0) is 0 Å². The monoisotopic (exact) mass is 688 g/mol. The van der Waals surface area contributed by atoms with E-state index in [-0.39, 0.29) is 0 Å². The topological polar surface area (TPSA) is 26.3 Å². The van der Waals surface area contributed by atoms with Crippen molar-refractivity contribution in [2.45, 2.75) is 0 Å². The summed E-state index contributed by atoms with van der Waals surface area (Å²) in [5, 5.41) is 8.13. The van der Waals surface area contributed by atoms with Crippen molar-refractivity contribution in [1.29, 1.82) is 0 Å². The van der Waals surface area contributed by atoms with Crippen LogP contribution in [0.3, 0.4) is 0 Å². The van der Waals surface area contributed by atoms with E-state index >= 15 is 0 Å². The highest BCUT2D eigenvalue weighted by Gasteiger charge is 2.22. The predicted octanol–water partition coefficient (Wildman–Crippen LogP) is 15.0. The standard InChI is InChI=1S/C52H32O2/c1-4-14-34(15-5-1)47-39-20-10-12-22-41(39)48(42-23-13-11-21-40(42)47)36-26-24-33(25-27-36)38-28-30-45-44(32-38)50-46(53-45)31-29-43-49(35-16-6-2-7-17-35)51(54-52(43)50)37-18-8-3-9-19-37/h1-32H. The summed E-state index contributed by atoms with van der Waals surface area (Å²) in [6, 6.07) is 69.0. The average Bonchev–Trinajstić information content (AvgIpc) is 3.82. The minimum Gasteiger partial charge on any atom is -0.456 e. The third kappa shape index (κ3) is 4.74. The molecule has 0 saturated heterocycles. The number of benzene rings is 9. The van der Waals surface area contributed by atoms with Gasteiger partial charge in [-0.15, -0.1) is 0 Å². The largest absolute Gasteiger partial charge is 0.456 e. The van der Waals surface area contributed by atoms with Crippen LogP contribution in [0.15, 0.2) is 203 Å². The van der Waals surface area contributed by atoms with Crippen molar-refractivity contribution in [3.8, 4) is 55.8 Å². The molecule has 0 aliphatic rings. The molecular formula is C52H32O2. The second-order valence-electron chi connectivity index (χ2n) is 14.0. The van der Waals surface area contributed by atoms with Crippen molar-refractivity contribution < 1.29 is 8.83 Å². The van der Waals surface area contributed by atoms with E-state index in [0.29, 0.717) is 0 Å².